The van der Waals surface area contributed by atoms with Crippen LogP contribution in [0.4, 0.5) is 0 Å². The van der Waals surface area contributed by atoms with Crippen LogP contribution in [-0.2, 0) is 47.7 Å². The number of hydrogen-bond acceptors (Lipinski definition) is 10. The third kappa shape index (κ3) is 42.3. The molecule has 5 fully saturated rings. The van der Waals surface area contributed by atoms with Gasteiger partial charge < -0.3 is 23.7 Å². The third-order valence-corrected chi connectivity index (χ3v) is 20.9. The maximum absolute atomic E-state index is 12.4. The molecule has 5 aliphatic rings. The number of carbonyl (C=O) groups excluding carboxylic acids is 5. The fourth-order valence-corrected chi connectivity index (χ4v) is 11.2. The van der Waals surface area contributed by atoms with Gasteiger partial charge in [-0.05, 0) is 264 Å². The van der Waals surface area contributed by atoms with Crippen LogP contribution in [-0.4, -0.2) is 57.9 Å². The van der Waals surface area contributed by atoms with Crippen LogP contribution in [0, 0.1) is 27.1 Å². The molecular formula is C84H178O10. The highest BCUT2D eigenvalue weighted by molar-refractivity contribution is 5.78. The van der Waals surface area contributed by atoms with Gasteiger partial charge in [-0.1, -0.05) is 199 Å². The summed E-state index contributed by atoms with van der Waals surface area (Å²) in [4.78, 5) is 60.5. The normalized spacial score (nSPS) is 19.0. The van der Waals surface area contributed by atoms with Crippen LogP contribution >= 0.6 is 0 Å². The Morgan fingerprint density at radius 3 is 0.521 bits per heavy atom. The van der Waals surface area contributed by atoms with Crippen LogP contribution < -0.4 is 0 Å². The molecule has 0 aromatic carbocycles. The minimum atomic E-state index is -0.354. The van der Waals surface area contributed by atoms with E-state index in [1.807, 2.05) is 90.0 Å². The third-order valence-electron chi connectivity index (χ3n) is 20.9. The maximum atomic E-state index is 12.4. The van der Waals surface area contributed by atoms with Crippen LogP contribution in [0.15, 0.2) is 0 Å². The van der Waals surface area contributed by atoms with Crippen LogP contribution in [0.1, 0.15) is 463 Å². The Morgan fingerprint density at radius 1 is 0.234 bits per heavy atom. The van der Waals surface area contributed by atoms with Crippen molar-refractivity contribution < 1.29 is 47.7 Å². The average Bonchev–Trinajstić information content (AvgIpc) is 1.46. The summed E-state index contributed by atoms with van der Waals surface area (Å²) in [5, 5.41) is 0. The van der Waals surface area contributed by atoms with Crippen molar-refractivity contribution in [1.82, 2.24) is 0 Å². The molecule has 0 unspecified atom stereocenters. The molecule has 0 N–H and O–H groups in total. The van der Waals surface area contributed by atoms with E-state index in [0.717, 1.165) is 103 Å². The molecule has 0 aliphatic heterocycles. The molecule has 0 amide bonds. The highest BCUT2D eigenvalue weighted by Gasteiger charge is 2.42. The van der Waals surface area contributed by atoms with Gasteiger partial charge in [0.25, 0.3) is 0 Å². The predicted octanol–water partition coefficient (Wildman–Crippen LogP) is 28.3. The molecule has 0 bridgehead atoms. The van der Waals surface area contributed by atoms with Crippen molar-refractivity contribution in [2.24, 2.45) is 27.1 Å². The van der Waals surface area contributed by atoms with Gasteiger partial charge in [0.2, 0.25) is 0 Å². The van der Waals surface area contributed by atoms with Crippen molar-refractivity contribution in [2.75, 3.05) is 0 Å². The minimum Gasteiger partial charge on any atom is -0.459 e. The summed E-state index contributed by atoms with van der Waals surface area (Å²) in [5.74, 6) is -0.123. The zero-order valence-electron chi connectivity index (χ0n) is 59.2. The van der Waals surface area contributed by atoms with Gasteiger partial charge in [-0.15, -0.1) is 0 Å². The Bertz CT molecular complexity index is 1850. The predicted molar refractivity (Wildman–Crippen MR) is 417 cm³/mol. The van der Waals surface area contributed by atoms with E-state index >= 15 is 0 Å². The molecule has 5 saturated carbocycles. The molecule has 0 heterocycles. The van der Waals surface area contributed by atoms with Crippen molar-refractivity contribution >= 4 is 29.8 Å². The molecule has 574 valence electrons. The lowest BCUT2D eigenvalue weighted by atomic mass is 9.85. The quantitative estimate of drug-likeness (QED) is 0.109. The van der Waals surface area contributed by atoms with Gasteiger partial charge in [-0.25, -0.2) is 0 Å². The summed E-state index contributed by atoms with van der Waals surface area (Å²) < 4.78 is 29.0. The molecule has 10 heteroatoms. The lowest BCUT2D eigenvalue weighted by Crippen LogP contribution is -2.38. The summed E-state index contributed by atoms with van der Waals surface area (Å²) in [5.41, 5.74) is -2.68. The largest absolute Gasteiger partial charge is 0.459 e. The number of ether oxygens (including phenoxy) is 5. The number of rotatable bonds is 16. The first kappa shape index (κ1) is 113. The Labute approximate surface area is 592 Å². The smallest absolute Gasteiger partial charge is 0.312 e. The standard InChI is InChI=1S/C19H36O2.C17H32O2.2C13H24O2.C12H22O2.10CH4/c1-5-18(2,3)17(20)21-19(4)15-13-11-9-7-6-8-10-12-14-16-19;1-5-16(2,3)15(18)19-17(4)13-11-9-7-6-8-10-12-14-17;1-5-12(2,3)11(14)15-13(4)9-7-6-8-10-13;1-5-12(3,4)11(14)15-13(6-2)9-7-8-10-13;1-5-11(2,3)10(13)14-12(4)8-6-7-9-12;;;;;;;;;;/h5-16H2,1-4H3;5-14H2,1-4H3;2*5-10H2,1-4H3;5-9H2,1-4H3;10*1H4. The lowest BCUT2D eigenvalue weighted by Gasteiger charge is -2.36. The fraction of sp³-hybridized carbons (Fsp3) is 0.940. The van der Waals surface area contributed by atoms with Crippen LogP contribution in [0.3, 0.4) is 0 Å². The monoisotopic (exact) mass is 1350 g/mol. The molecule has 0 saturated heterocycles. The van der Waals surface area contributed by atoms with Crippen molar-refractivity contribution in [1.29, 1.82) is 0 Å². The van der Waals surface area contributed by atoms with E-state index in [1.165, 1.54) is 148 Å². The number of carbonyl (C=O) groups is 5. The fourth-order valence-electron chi connectivity index (χ4n) is 11.2. The second-order valence-electron chi connectivity index (χ2n) is 31.1. The Hall–Kier alpha value is -2.65. The van der Waals surface area contributed by atoms with Gasteiger partial charge in [0.15, 0.2) is 0 Å². The zero-order valence-corrected chi connectivity index (χ0v) is 59.2. The highest BCUT2D eigenvalue weighted by atomic mass is 16.6. The molecule has 0 aromatic rings. The van der Waals surface area contributed by atoms with E-state index < -0.39 is 0 Å². The van der Waals surface area contributed by atoms with E-state index in [9.17, 15) is 24.0 Å². The van der Waals surface area contributed by atoms with Gasteiger partial charge in [0.1, 0.15) is 28.0 Å². The molecule has 0 radical (unpaired) electrons. The minimum absolute atomic E-state index is 0. The molecule has 0 atom stereocenters. The second-order valence-corrected chi connectivity index (χ2v) is 31.1. The van der Waals surface area contributed by atoms with Crippen molar-refractivity contribution in [2.45, 2.75) is 491 Å². The summed E-state index contributed by atoms with van der Waals surface area (Å²) in [6.07, 6.45) is 44.7. The lowest BCUT2D eigenvalue weighted by molar-refractivity contribution is -0.172. The average molecular weight is 1350 g/mol. The van der Waals surface area contributed by atoms with Crippen molar-refractivity contribution in [3.63, 3.8) is 0 Å². The Balaban J connectivity index is -0.000000115. The molecule has 94 heavy (non-hydrogen) atoms. The maximum Gasteiger partial charge on any atom is 0.312 e. The van der Waals surface area contributed by atoms with Crippen LogP contribution in [0.2, 0.25) is 0 Å². The van der Waals surface area contributed by atoms with Crippen molar-refractivity contribution in [3.05, 3.63) is 0 Å². The Morgan fingerprint density at radius 2 is 0.362 bits per heavy atom. The summed E-state index contributed by atoms with van der Waals surface area (Å²) in [6.45, 7) is 40.5. The van der Waals surface area contributed by atoms with Crippen molar-refractivity contribution in [3.8, 4) is 0 Å². The van der Waals surface area contributed by atoms with E-state index in [4.69, 9.17) is 23.7 Å². The van der Waals surface area contributed by atoms with Gasteiger partial charge in [-0.2, -0.15) is 0 Å². The topological polar surface area (TPSA) is 132 Å². The zero-order chi connectivity index (χ0) is 64.0. The highest BCUT2D eigenvalue weighted by Crippen LogP contribution is 2.40. The first-order valence-electron chi connectivity index (χ1n) is 35.2. The second kappa shape index (κ2) is 53.3. The first-order valence-corrected chi connectivity index (χ1v) is 35.2. The van der Waals surface area contributed by atoms with E-state index in [2.05, 4.69) is 48.5 Å². The van der Waals surface area contributed by atoms with Gasteiger partial charge in [0, 0.05) is 0 Å². The van der Waals surface area contributed by atoms with E-state index in [1.54, 1.807) is 0 Å². The van der Waals surface area contributed by atoms with Gasteiger partial charge in [-0.3, -0.25) is 24.0 Å². The summed E-state index contributed by atoms with van der Waals surface area (Å²) in [6, 6.07) is 0. The van der Waals surface area contributed by atoms with E-state index in [-0.39, 0.29) is 159 Å². The van der Waals surface area contributed by atoms with Crippen LogP contribution in [0.5, 0.6) is 0 Å². The molecular weight excluding hydrogens is 1170 g/mol. The molecule has 5 aliphatic carbocycles. The van der Waals surface area contributed by atoms with E-state index in [0.29, 0.717) is 0 Å². The summed E-state index contributed by atoms with van der Waals surface area (Å²) >= 11 is 0. The number of esters is 5. The first-order chi connectivity index (χ1) is 39.0. The Kier molecular flexibility index (Phi) is 63.9. The molecule has 10 nitrogen and oxygen atoms in total. The number of hydrogen-bond donors (Lipinski definition) is 0. The van der Waals surface area contributed by atoms with Gasteiger partial charge in [0.05, 0.1) is 27.1 Å². The molecule has 0 spiro atoms. The van der Waals surface area contributed by atoms with Crippen LogP contribution in [0.25, 0.3) is 0 Å². The molecule has 5 rings (SSSR count). The summed E-state index contributed by atoms with van der Waals surface area (Å²) in [7, 11) is 0. The van der Waals surface area contributed by atoms with Gasteiger partial charge >= 0.3 is 29.8 Å². The SMILES string of the molecule is C.C.C.C.C.C.C.C.C.C.CCC(C)(C)C(=O)OC1(C)CCCC1.CCC(C)(C)C(=O)OC1(C)CCCCC1.CCC(C)(C)C(=O)OC1(C)CCCCCCCCC1.CCC(C)(C)C(=O)OC1(C)CCCCCCCCCCC1.CCC1(OC(=O)C(C)(C)CC)CCCC1. The molecule has 0 aromatic heterocycles.